The summed E-state index contributed by atoms with van der Waals surface area (Å²) >= 11 is 0. The Bertz CT molecular complexity index is 833. The molecule has 1 saturated heterocycles. The number of benzene rings is 1. The maximum atomic E-state index is 11.5. The third-order valence-corrected chi connectivity index (χ3v) is 5.66. The second-order valence-electron chi connectivity index (χ2n) is 7.66. The van der Waals surface area contributed by atoms with E-state index in [2.05, 4.69) is 9.88 Å². The molecule has 2 aliphatic heterocycles. The van der Waals surface area contributed by atoms with Gasteiger partial charge in [0.1, 0.15) is 12.7 Å². The number of pyridine rings is 1. The van der Waals surface area contributed by atoms with Gasteiger partial charge in [0.2, 0.25) is 5.88 Å². The molecule has 1 aromatic carbocycles. The molecule has 3 heterocycles. The third kappa shape index (κ3) is 5.07. The molecule has 6 heteroatoms. The normalized spacial score (nSPS) is 19.7. The minimum atomic E-state index is -0.249. The van der Waals surface area contributed by atoms with E-state index in [1.807, 2.05) is 36.4 Å². The highest BCUT2D eigenvalue weighted by atomic mass is 16.6. The van der Waals surface area contributed by atoms with Crippen molar-refractivity contribution in [1.29, 1.82) is 0 Å². The number of piperidine rings is 1. The van der Waals surface area contributed by atoms with E-state index in [0.29, 0.717) is 24.8 Å². The van der Waals surface area contributed by atoms with Gasteiger partial charge in [-0.25, -0.2) is 4.98 Å². The SMILES string of the molecule is CCC(=O)Oc1cc(C2CCN(CCC3COc4ccccc4O3)CC2)ccn1. The van der Waals surface area contributed by atoms with E-state index < -0.39 is 0 Å². The standard InChI is InChI=1S/C23H28N2O4/c1-2-23(26)29-22-15-18(7-11-24-22)17-8-12-25(13-9-17)14-10-19-16-27-20-5-3-4-6-21(20)28-19/h3-7,11,15,17,19H,2,8-10,12-14,16H2,1H3. The Morgan fingerprint density at radius 3 is 2.79 bits per heavy atom. The molecule has 0 radical (unpaired) electrons. The number of hydrogen-bond donors (Lipinski definition) is 0. The number of likely N-dealkylation sites (tertiary alicyclic amines) is 1. The van der Waals surface area contributed by atoms with Gasteiger partial charge in [-0.15, -0.1) is 0 Å². The molecule has 0 saturated carbocycles. The lowest BCUT2D eigenvalue weighted by molar-refractivity contribution is -0.134. The lowest BCUT2D eigenvalue weighted by Crippen LogP contribution is -2.38. The highest BCUT2D eigenvalue weighted by Gasteiger charge is 2.24. The van der Waals surface area contributed by atoms with Crippen LogP contribution < -0.4 is 14.2 Å². The van der Waals surface area contributed by atoms with Crippen LogP contribution in [-0.4, -0.2) is 48.2 Å². The number of carbonyl (C=O) groups excluding carboxylic acids is 1. The number of rotatable bonds is 6. The van der Waals surface area contributed by atoms with E-state index >= 15 is 0 Å². The Morgan fingerprint density at radius 2 is 2.00 bits per heavy atom. The first kappa shape index (κ1) is 19.7. The number of aromatic nitrogens is 1. The van der Waals surface area contributed by atoms with E-state index in [1.165, 1.54) is 5.56 Å². The molecule has 1 fully saturated rings. The molecule has 29 heavy (non-hydrogen) atoms. The molecule has 2 aromatic rings. The Morgan fingerprint density at radius 1 is 1.21 bits per heavy atom. The molecule has 0 amide bonds. The van der Waals surface area contributed by atoms with Gasteiger partial charge in [0.25, 0.3) is 0 Å². The molecule has 1 aromatic heterocycles. The van der Waals surface area contributed by atoms with E-state index in [-0.39, 0.29) is 12.1 Å². The summed E-state index contributed by atoms with van der Waals surface area (Å²) in [6, 6.07) is 11.8. The van der Waals surface area contributed by atoms with Crippen molar-refractivity contribution in [3.05, 3.63) is 48.2 Å². The van der Waals surface area contributed by atoms with E-state index in [4.69, 9.17) is 14.2 Å². The largest absolute Gasteiger partial charge is 0.486 e. The van der Waals surface area contributed by atoms with Crippen molar-refractivity contribution in [3.63, 3.8) is 0 Å². The van der Waals surface area contributed by atoms with Gasteiger partial charge in [-0.2, -0.15) is 0 Å². The van der Waals surface area contributed by atoms with Crippen LogP contribution in [0.4, 0.5) is 0 Å². The number of carbonyl (C=O) groups is 1. The fraction of sp³-hybridized carbons (Fsp3) is 0.478. The number of hydrogen-bond acceptors (Lipinski definition) is 6. The minimum Gasteiger partial charge on any atom is -0.486 e. The topological polar surface area (TPSA) is 60.9 Å². The third-order valence-electron chi connectivity index (χ3n) is 5.66. The molecule has 1 unspecified atom stereocenters. The van der Waals surface area contributed by atoms with E-state index in [1.54, 1.807) is 13.1 Å². The van der Waals surface area contributed by atoms with Crippen molar-refractivity contribution in [1.82, 2.24) is 9.88 Å². The average molecular weight is 396 g/mol. The van der Waals surface area contributed by atoms with Crippen molar-refractivity contribution >= 4 is 5.97 Å². The zero-order valence-electron chi connectivity index (χ0n) is 16.9. The summed E-state index contributed by atoms with van der Waals surface area (Å²) in [5.74, 6) is 2.33. The second kappa shape index (κ2) is 9.27. The monoisotopic (exact) mass is 396 g/mol. The molecule has 4 rings (SSSR count). The lowest BCUT2D eigenvalue weighted by Gasteiger charge is -2.34. The highest BCUT2D eigenvalue weighted by Crippen LogP contribution is 2.32. The summed E-state index contributed by atoms with van der Waals surface area (Å²) in [5.41, 5.74) is 1.21. The Hall–Kier alpha value is -2.60. The smallest absolute Gasteiger partial charge is 0.312 e. The first-order chi connectivity index (χ1) is 14.2. The molecule has 2 aliphatic rings. The molecule has 1 atom stereocenters. The molecular weight excluding hydrogens is 368 g/mol. The summed E-state index contributed by atoms with van der Waals surface area (Å²) in [7, 11) is 0. The van der Waals surface area contributed by atoms with Gasteiger partial charge < -0.3 is 19.1 Å². The molecule has 0 spiro atoms. The van der Waals surface area contributed by atoms with Crippen LogP contribution in [0, 0.1) is 0 Å². The Balaban J connectivity index is 1.24. The maximum absolute atomic E-state index is 11.5. The van der Waals surface area contributed by atoms with Crippen LogP contribution in [0.15, 0.2) is 42.6 Å². The van der Waals surface area contributed by atoms with Crippen molar-refractivity contribution in [3.8, 4) is 17.4 Å². The fourth-order valence-electron chi connectivity index (χ4n) is 3.95. The summed E-state index contributed by atoms with van der Waals surface area (Å²) in [4.78, 5) is 18.1. The van der Waals surface area contributed by atoms with Crippen LogP contribution in [0.2, 0.25) is 0 Å². The molecule has 6 nitrogen and oxygen atoms in total. The molecular formula is C23H28N2O4. The maximum Gasteiger partial charge on any atom is 0.312 e. The minimum absolute atomic E-state index is 0.110. The van der Waals surface area contributed by atoms with Gasteiger partial charge in [-0.3, -0.25) is 4.79 Å². The summed E-state index contributed by atoms with van der Waals surface area (Å²) in [5, 5.41) is 0. The summed E-state index contributed by atoms with van der Waals surface area (Å²) < 4.78 is 17.1. The number of nitrogens with zero attached hydrogens (tertiary/aromatic N) is 2. The zero-order chi connectivity index (χ0) is 20.1. The van der Waals surface area contributed by atoms with Crippen molar-refractivity contribution < 1.29 is 19.0 Å². The number of para-hydroxylation sites is 2. The Kier molecular flexibility index (Phi) is 6.30. The molecule has 0 bridgehead atoms. The molecule has 0 N–H and O–H groups in total. The van der Waals surface area contributed by atoms with Crippen LogP contribution in [0.5, 0.6) is 17.4 Å². The van der Waals surface area contributed by atoms with Crippen molar-refractivity contribution in [2.24, 2.45) is 0 Å². The van der Waals surface area contributed by atoms with Gasteiger partial charge in [-0.1, -0.05) is 19.1 Å². The predicted molar refractivity (Wildman–Crippen MR) is 110 cm³/mol. The number of ether oxygens (including phenoxy) is 3. The van der Waals surface area contributed by atoms with E-state index in [9.17, 15) is 4.79 Å². The average Bonchev–Trinajstić information content (AvgIpc) is 2.78. The first-order valence-corrected chi connectivity index (χ1v) is 10.5. The van der Waals surface area contributed by atoms with Crippen molar-refractivity contribution in [2.45, 2.75) is 44.6 Å². The van der Waals surface area contributed by atoms with Crippen LogP contribution in [-0.2, 0) is 4.79 Å². The fourth-order valence-corrected chi connectivity index (χ4v) is 3.95. The second-order valence-corrected chi connectivity index (χ2v) is 7.66. The van der Waals surface area contributed by atoms with Gasteiger partial charge in [0.15, 0.2) is 11.5 Å². The van der Waals surface area contributed by atoms with Gasteiger partial charge in [0, 0.05) is 31.6 Å². The zero-order valence-corrected chi connectivity index (χ0v) is 16.9. The van der Waals surface area contributed by atoms with Crippen LogP contribution in [0.1, 0.15) is 44.1 Å². The highest BCUT2D eigenvalue weighted by molar-refractivity contribution is 5.71. The van der Waals surface area contributed by atoms with Gasteiger partial charge in [-0.05, 0) is 55.6 Å². The quantitative estimate of drug-likeness (QED) is 0.692. The summed E-state index contributed by atoms with van der Waals surface area (Å²) in [6.45, 7) is 5.52. The summed E-state index contributed by atoms with van der Waals surface area (Å²) in [6.07, 6.45) is 5.35. The van der Waals surface area contributed by atoms with Crippen LogP contribution in [0.25, 0.3) is 0 Å². The predicted octanol–water partition coefficient (Wildman–Crippen LogP) is 3.81. The first-order valence-electron chi connectivity index (χ1n) is 10.5. The van der Waals surface area contributed by atoms with Gasteiger partial charge >= 0.3 is 5.97 Å². The number of esters is 1. The van der Waals surface area contributed by atoms with E-state index in [0.717, 1.165) is 50.4 Å². The number of fused-ring (bicyclic) bond motifs is 1. The molecule has 154 valence electrons. The lowest BCUT2D eigenvalue weighted by atomic mass is 9.90. The van der Waals surface area contributed by atoms with Crippen molar-refractivity contribution in [2.75, 3.05) is 26.2 Å². The van der Waals surface area contributed by atoms with Crippen LogP contribution >= 0.6 is 0 Å². The molecule has 0 aliphatic carbocycles. The van der Waals surface area contributed by atoms with Crippen LogP contribution in [0.3, 0.4) is 0 Å². The van der Waals surface area contributed by atoms with Gasteiger partial charge in [0.05, 0.1) is 0 Å². The Labute approximate surface area is 171 Å².